The third-order valence-corrected chi connectivity index (χ3v) is 4.79. The summed E-state index contributed by atoms with van der Waals surface area (Å²) in [5.74, 6) is 0.199. The van der Waals surface area contributed by atoms with Crippen LogP contribution in [0, 0.1) is 11.3 Å². The molecule has 1 aromatic rings. The van der Waals surface area contributed by atoms with E-state index in [2.05, 4.69) is 15.9 Å². The highest BCUT2D eigenvalue weighted by molar-refractivity contribution is 7.90. The third-order valence-electron chi connectivity index (χ3n) is 3.57. The molecule has 0 aliphatic carbocycles. The molecule has 1 aromatic carbocycles. The standard InChI is InChI=1S/C14H18ClN3O2S/c1-21(19,20)9-8-17-4-6-18(7-5-17)14-3-2-12(11-16)10-13(14)15/h2-3,10H,4-9H2,1H3. The number of anilines is 1. The number of halogens is 1. The van der Waals surface area contributed by atoms with Gasteiger partial charge in [0.1, 0.15) is 9.84 Å². The van der Waals surface area contributed by atoms with Crippen LogP contribution in [0.2, 0.25) is 5.02 Å². The lowest BCUT2D eigenvalue weighted by atomic mass is 10.2. The molecule has 0 atom stereocenters. The van der Waals surface area contributed by atoms with Crippen molar-refractivity contribution in [2.45, 2.75) is 0 Å². The SMILES string of the molecule is CS(=O)(=O)CCN1CCN(c2ccc(C#N)cc2Cl)CC1. The van der Waals surface area contributed by atoms with Crippen molar-refractivity contribution < 1.29 is 8.42 Å². The number of hydrogen-bond donors (Lipinski definition) is 0. The number of hydrogen-bond acceptors (Lipinski definition) is 5. The maximum atomic E-state index is 11.2. The first-order chi connectivity index (χ1) is 9.89. The number of rotatable bonds is 4. The number of nitriles is 1. The van der Waals surface area contributed by atoms with Gasteiger partial charge < -0.3 is 4.90 Å². The van der Waals surface area contributed by atoms with Gasteiger partial charge in [-0.3, -0.25) is 4.90 Å². The van der Waals surface area contributed by atoms with E-state index in [4.69, 9.17) is 16.9 Å². The maximum Gasteiger partial charge on any atom is 0.148 e. The molecule has 1 fully saturated rings. The van der Waals surface area contributed by atoms with Crippen molar-refractivity contribution in [2.24, 2.45) is 0 Å². The number of benzene rings is 1. The number of nitrogens with zero attached hydrogens (tertiary/aromatic N) is 3. The minimum atomic E-state index is -2.91. The average Bonchev–Trinajstić information content (AvgIpc) is 2.45. The van der Waals surface area contributed by atoms with E-state index in [0.717, 1.165) is 31.9 Å². The zero-order valence-corrected chi connectivity index (χ0v) is 13.5. The fraction of sp³-hybridized carbons (Fsp3) is 0.500. The quantitative estimate of drug-likeness (QED) is 0.836. The summed E-state index contributed by atoms with van der Waals surface area (Å²) in [6, 6.07) is 7.37. The van der Waals surface area contributed by atoms with E-state index >= 15 is 0 Å². The molecule has 7 heteroatoms. The fourth-order valence-corrected chi connectivity index (χ4v) is 3.23. The largest absolute Gasteiger partial charge is 0.368 e. The molecule has 0 aromatic heterocycles. The first-order valence-electron chi connectivity index (χ1n) is 6.74. The van der Waals surface area contributed by atoms with Crippen LogP contribution in [0.15, 0.2) is 18.2 Å². The molecule has 1 saturated heterocycles. The van der Waals surface area contributed by atoms with Crippen LogP contribution >= 0.6 is 11.6 Å². The summed E-state index contributed by atoms with van der Waals surface area (Å²) in [5, 5.41) is 9.43. The molecule has 2 rings (SSSR count). The highest BCUT2D eigenvalue weighted by Gasteiger charge is 2.19. The van der Waals surface area contributed by atoms with Crippen LogP contribution in [0.5, 0.6) is 0 Å². The minimum Gasteiger partial charge on any atom is -0.368 e. The molecule has 1 aliphatic rings. The fourth-order valence-electron chi connectivity index (χ4n) is 2.34. The van der Waals surface area contributed by atoms with Crippen molar-refractivity contribution in [3.8, 4) is 6.07 Å². The summed E-state index contributed by atoms with van der Waals surface area (Å²) >= 11 is 6.21. The lowest BCUT2D eigenvalue weighted by Crippen LogP contribution is -2.47. The average molecular weight is 328 g/mol. The molecular weight excluding hydrogens is 310 g/mol. The van der Waals surface area contributed by atoms with E-state index in [-0.39, 0.29) is 5.75 Å². The van der Waals surface area contributed by atoms with E-state index in [1.54, 1.807) is 12.1 Å². The Kier molecular flexibility index (Phi) is 5.09. The Bertz CT molecular complexity index is 647. The highest BCUT2D eigenvalue weighted by Crippen LogP contribution is 2.27. The van der Waals surface area contributed by atoms with Gasteiger partial charge in [-0.15, -0.1) is 0 Å². The summed E-state index contributed by atoms with van der Waals surface area (Å²) in [4.78, 5) is 4.32. The summed E-state index contributed by atoms with van der Waals surface area (Å²) < 4.78 is 22.4. The van der Waals surface area contributed by atoms with E-state index in [9.17, 15) is 8.42 Å². The monoisotopic (exact) mass is 327 g/mol. The Morgan fingerprint density at radius 3 is 2.48 bits per heavy atom. The smallest absolute Gasteiger partial charge is 0.148 e. The lowest BCUT2D eigenvalue weighted by Gasteiger charge is -2.36. The van der Waals surface area contributed by atoms with E-state index in [0.29, 0.717) is 17.1 Å². The van der Waals surface area contributed by atoms with Crippen LogP contribution < -0.4 is 4.90 Å². The Hall–Kier alpha value is -1.29. The van der Waals surface area contributed by atoms with Gasteiger partial charge in [-0.25, -0.2) is 8.42 Å². The van der Waals surface area contributed by atoms with Crippen LogP contribution in [-0.4, -0.2) is 58.1 Å². The van der Waals surface area contributed by atoms with Crippen molar-refractivity contribution in [3.63, 3.8) is 0 Å². The Morgan fingerprint density at radius 2 is 1.95 bits per heavy atom. The first-order valence-corrected chi connectivity index (χ1v) is 9.17. The molecule has 1 aliphatic heterocycles. The maximum absolute atomic E-state index is 11.2. The van der Waals surface area contributed by atoms with Crippen molar-refractivity contribution in [2.75, 3.05) is 49.6 Å². The molecule has 0 saturated carbocycles. The molecule has 0 N–H and O–H groups in total. The van der Waals surface area contributed by atoms with Gasteiger partial charge >= 0.3 is 0 Å². The summed E-state index contributed by atoms with van der Waals surface area (Å²) in [6.07, 6.45) is 1.26. The van der Waals surface area contributed by atoms with Crippen molar-refractivity contribution in [1.82, 2.24) is 4.90 Å². The van der Waals surface area contributed by atoms with Gasteiger partial charge in [0.2, 0.25) is 0 Å². The van der Waals surface area contributed by atoms with E-state index < -0.39 is 9.84 Å². The Labute approximate surface area is 130 Å². The van der Waals surface area contributed by atoms with Gasteiger partial charge in [0.25, 0.3) is 0 Å². The van der Waals surface area contributed by atoms with Crippen molar-refractivity contribution in [3.05, 3.63) is 28.8 Å². The molecule has 0 bridgehead atoms. The van der Waals surface area contributed by atoms with E-state index in [1.165, 1.54) is 6.26 Å². The molecule has 21 heavy (non-hydrogen) atoms. The Morgan fingerprint density at radius 1 is 1.29 bits per heavy atom. The molecular formula is C14H18ClN3O2S. The lowest BCUT2D eigenvalue weighted by molar-refractivity contribution is 0.272. The number of sulfone groups is 1. The van der Waals surface area contributed by atoms with Gasteiger partial charge in [0.15, 0.2) is 0 Å². The highest BCUT2D eigenvalue weighted by atomic mass is 35.5. The predicted molar refractivity (Wildman–Crippen MR) is 84.5 cm³/mol. The van der Waals surface area contributed by atoms with Crippen LogP contribution in [0.4, 0.5) is 5.69 Å². The van der Waals surface area contributed by atoms with Gasteiger partial charge in [-0.1, -0.05) is 11.6 Å². The second-order valence-corrected chi connectivity index (χ2v) is 7.90. The van der Waals surface area contributed by atoms with Gasteiger partial charge in [-0.2, -0.15) is 5.26 Å². The van der Waals surface area contributed by atoms with Crippen molar-refractivity contribution >= 4 is 27.1 Å². The minimum absolute atomic E-state index is 0.199. The summed E-state index contributed by atoms with van der Waals surface area (Å²) in [5.41, 5.74) is 1.48. The second-order valence-electron chi connectivity index (χ2n) is 5.24. The first kappa shape index (κ1) is 16.1. The number of piperazine rings is 1. The molecule has 114 valence electrons. The molecule has 1 heterocycles. The Balaban J connectivity index is 1.94. The topological polar surface area (TPSA) is 64.4 Å². The molecule has 5 nitrogen and oxygen atoms in total. The van der Waals surface area contributed by atoms with Gasteiger partial charge in [0.05, 0.1) is 28.1 Å². The zero-order valence-electron chi connectivity index (χ0n) is 11.9. The zero-order chi connectivity index (χ0) is 15.5. The predicted octanol–water partition coefficient (Wildman–Crippen LogP) is 1.38. The van der Waals surface area contributed by atoms with Gasteiger partial charge in [0, 0.05) is 39.0 Å². The van der Waals surface area contributed by atoms with E-state index in [1.807, 2.05) is 6.07 Å². The summed E-state index contributed by atoms with van der Waals surface area (Å²) in [7, 11) is -2.91. The van der Waals surface area contributed by atoms with Crippen LogP contribution in [-0.2, 0) is 9.84 Å². The normalized spacial score (nSPS) is 16.7. The van der Waals surface area contributed by atoms with Crippen LogP contribution in [0.25, 0.3) is 0 Å². The molecule has 0 amide bonds. The molecule has 0 unspecified atom stereocenters. The second kappa shape index (κ2) is 6.65. The van der Waals surface area contributed by atoms with Crippen molar-refractivity contribution in [1.29, 1.82) is 5.26 Å². The van der Waals surface area contributed by atoms with Crippen LogP contribution in [0.1, 0.15) is 5.56 Å². The van der Waals surface area contributed by atoms with Crippen LogP contribution in [0.3, 0.4) is 0 Å². The van der Waals surface area contributed by atoms with Gasteiger partial charge in [-0.05, 0) is 18.2 Å². The third kappa shape index (κ3) is 4.60. The summed E-state index contributed by atoms with van der Waals surface area (Å²) in [6.45, 7) is 3.80. The molecule has 0 radical (unpaired) electrons. The molecule has 0 spiro atoms.